The number of carbonyl (C=O) groups excluding carboxylic acids is 1. The number of likely N-dealkylation sites (tertiary alicyclic amines) is 2. The Morgan fingerprint density at radius 1 is 0.979 bits per heavy atom. The van der Waals surface area contributed by atoms with Crippen molar-refractivity contribution in [3.63, 3.8) is 0 Å². The van der Waals surface area contributed by atoms with Gasteiger partial charge in [0.05, 0.1) is 29.3 Å². The van der Waals surface area contributed by atoms with Crippen molar-refractivity contribution in [1.82, 2.24) is 24.3 Å². The van der Waals surface area contributed by atoms with Crippen molar-refractivity contribution in [2.45, 2.75) is 50.7 Å². The van der Waals surface area contributed by atoms with Crippen molar-refractivity contribution in [1.29, 1.82) is 0 Å². The Labute approximate surface area is 267 Å². The Morgan fingerprint density at radius 2 is 1.77 bits per heavy atom. The maximum absolute atomic E-state index is 15.0. The number of aromatic nitrogens is 3. The highest BCUT2D eigenvalue weighted by molar-refractivity contribution is 5.92. The van der Waals surface area contributed by atoms with E-state index in [4.69, 9.17) is 9.72 Å². The standard InChI is InChI=1S/C35H32F3N5O4/c36-21-6-8-25-27(14-24-11-23(38)16-41(24)35(46)47-18-19-4-2-1-3-5-19)32(39-28(25)12-21)33-40-29-13-22(37)7-9-30(29)42(33)17-31-26-10-20(26)15-43(31)34(44)45/h1-9,12-13,20,23-24,26,31,39H,10-11,14-18H2,(H,44,45)/t20-,23-,24-,26-,31+/m0/s1. The molecule has 3 aromatic carbocycles. The summed E-state index contributed by atoms with van der Waals surface area (Å²) in [7, 11) is 0. The molecular weight excluding hydrogens is 611 g/mol. The number of aromatic amines is 1. The molecule has 0 unspecified atom stereocenters. The predicted molar refractivity (Wildman–Crippen MR) is 167 cm³/mol. The number of ether oxygens (including phenoxy) is 1. The lowest BCUT2D eigenvalue weighted by Crippen LogP contribution is -2.40. The average molecular weight is 644 g/mol. The topological polar surface area (TPSA) is 104 Å². The molecule has 5 aromatic rings. The molecule has 2 aliphatic heterocycles. The van der Waals surface area contributed by atoms with E-state index in [2.05, 4.69) is 4.98 Å². The number of imidazole rings is 1. The Kier molecular flexibility index (Phi) is 7.11. The molecule has 2 N–H and O–H groups in total. The number of carboxylic acid groups (broad SMARTS) is 1. The summed E-state index contributed by atoms with van der Waals surface area (Å²) in [6.07, 6.45) is -1.60. The van der Waals surface area contributed by atoms with Gasteiger partial charge in [-0.05, 0) is 66.1 Å². The van der Waals surface area contributed by atoms with E-state index in [1.807, 2.05) is 34.9 Å². The molecule has 1 saturated carbocycles. The fourth-order valence-electron chi connectivity index (χ4n) is 7.64. The fourth-order valence-corrected chi connectivity index (χ4v) is 7.64. The summed E-state index contributed by atoms with van der Waals surface area (Å²) in [5, 5.41) is 10.6. The third kappa shape index (κ3) is 5.35. The molecule has 2 amide bonds. The summed E-state index contributed by atoms with van der Waals surface area (Å²) in [5.74, 6) is 0.0591. The van der Waals surface area contributed by atoms with Crippen LogP contribution in [0, 0.1) is 23.5 Å². The normalized spacial score (nSPS) is 23.5. The summed E-state index contributed by atoms with van der Waals surface area (Å²) in [6.45, 7) is 0.703. The Morgan fingerprint density at radius 3 is 2.57 bits per heavy atom. The van der Waals surface area contributed by atoms with E-state index >= 15 is 0 Å². The van der Waals surface area contributed by atoms with Gasteiger partial charge in [0.25, 0.3) is 0 Å². The molecule has 8 rings (SSSR count). The third-order valence-corrected chi connectivity index (χ3v) is 9.96. The van der Waals surface area contributed by atoms with E-state index in [1.54, 1.807) is 12.1 Å². The number of alkyl halides is 1. The van der Waals surface area contributed by atoms with Gasteiger partial charge in [0, 0.05) is 42.5 Å². The molecule has 2 saturated heterocycles. The first-order valence-electron chi connectivity index (χ1n) is 15.8. The van der Waals surface area contributed by atoms with Gasteiger partial charge >= 0.3 is 12.2 Å². The highest BCUT2D eigenvalue weighted by Crippen LogP contribution is 2.50. The molecule has 2 aromatic heterocycles. The summed E-state index contributed by atoms with van der Waals surface area (Å²) >= 11 is 0. The zero-order valence-corrected chi connectivity index (χ0v) is 25.3. The average Bonchev–Trinajstić information content (AvgIpc) is 3.28. The fraction of sp³-hybridized carbons (Fsp3) is 0.343. The van der Waals surface area contributed by atoms with Crippen molar-refractivity contribution in [3.05, 3.63) is 89.5 Å². The van der Waals surface area contributed by atoms with Crippen LogP contribution < -0.4 is 0 Å². The van der Waals surface area contributed by atoms with E-state index in [9.17, 15) is 27.9 Å². The van der Waals surface area contributed by atoms with Crippen LogP contribution in [0.5, 0.6) is 0 Å². The van der Waals surface area contributed by atoms with E-state index in [0.717, 1.165) is 12.0 Å². The molecule has 5 atom stereocenters. The van der Waals surface area contributed by atoms with Crippen LogP contribution in [-0.4, -0.2) is 73.0 Å². The number of piperidine rings is 1. The summed E-state index contributed by atoms with van der Waals surface area (Å²) < 4.78 is 51.4. The maximum Gasteiger partial charge on any atom is 0.410 e. The monoisotopic (exact) mass is 643 g/mol. The number of nitrogens with zero attached hydrogens (tertiary/aromatic N) is 4. The van der Waals surface area contributed by atoms with Gasteiger partial charge in [-0.3, -0.25) is 0 Å². The van der Waals surface area contributed by atoms with Crippen molar-refractivity contribution < 1.29 is 32.6 Å². The van der Waals surface area contributed by atoms with Gasteiger partial charge in [-0.1, -0.05) is 30.3 Å². The van der Waals surface area contributed by atoms with Gasteiger partial charge in [-0.2, -0.15) is 0 Å². The van der Waals surface area contributed by atoms with Crippen molar-refractivity contribution in [2.75, 3.05) is 13.1 Å². The Hall–Kier alpha value is -5.00. The predicted octanol–water partition coefficient (Wildman–Crippen LogP) is 6.75. The second-order valence-corrected chi connectivity index (χ2v) is 12.9. The highest BCUT2D eigenvalue weighted by Gasteiger charge is 2.54. The summed E-state index contributed by atoms with van der Waals surface area (Å²) in [6, 6.07) is 17.0. The SMILES string of the molecule is O=C(OCc1ccccc1)N1C[C@@H](F)C[C@H]1Cc1c(-c2nc3cc(F)ccc3n2C[C@@H]2[C@H]3C[C@H]3CN2C(=O)O)[nH]c2cc(F)ccc12. The van der Waals surface area contributed by atoms with Gasteiger partial charge in [0.2, 0.25) is 0 Å². The van der Waals surface area contributed by atoms with Crippen LogP contribution in [0.2, 0.25) is 0 Å². The van der Waals surface area contributed by atoms with Crippen LogP contribution in [0.25, 0.3) is 33.5 Å². The van der Waals surface area contributed by atoms with E-state index in [-0.39, 0.29) is 38.0 Å². The minimum atomic E-state index is -1.25. The molecule has 0 spiro atoms. The number of hydrogen-bond acceptors (Lipinski definition) is 4. The third-order valence-electron chi connectivity index (χ3n) is 9.96. The van der Waals surface area contributed by atoms with E-state index in [1.165, 1.54) is 34.1 Å². The number of halogens is 3. The van der Waals surface area contributed by atoms with Crippen LogP contribution in [0.3, 0.4) is 0 Å². The molecular formula is C35H32F3N5O4. The summed E-state index contributed by atoms with van der Waals surface area (Å²) in [5.41, 5.74) is 3.53. The number of nitrogens with one attached hydrogen (secondary N) is 1. The van der Waals surface area contributed by atoms with Gasteiger partial charge < -0.3 is 29.2 Å². The first kappa shape index (κ1) is 29.4. The number of H-pyrrole nitrogens is 1. The van der Waals surface area contributed by atoms with Crippen molar-refractivity contribution >= 4 is 34.1 Å². The minimum Gasteiger partial charge on any atom is -0.465 e. The van der Waals surface area contributed by atoms with Crippen LogP contribution in [0.15, 0.2) is 66.7 Å². The second kappa shape index (κ2) is 11.4. The Balaban J connectivity index is 1.19. The first-order valence-corrected chi connectivity index (χ1v) is 15.8. The first-order chi connectivity index (χ1) is 22.7. The lowest BCUT2D eigenvalue weighted by atomic mass is 10.00. The minimum absolute atomic E-state index is 0.0500. The number of fused-ring (bicyclic) bond motifs is 3. The number of rotatable bonds is 7. The van der Waals surface area contributed by atoms with Crippen LogP contribution in [0.4, 0.5) is 22.8 Å². The van der Waals surface area contributed by atoms with Gasteiger partial charge in [0.1, 0.15) is 24.4 Å². The van der Waals surface area contributed by atoms with Gasteiger partial charge in [-0.15, -0.1) is 0 Å². The molecule has 9 nitrogen and oxygen atoms in total. The van der Waals surface area contributed by atoms with E-state index in [0.29, 0.717) is 58.0 Å². The van der Waals surface area contributed by atoms with Gasteiger partial charge in [0.15, 0.2) is 5.82 Å². The second-order valence-electron chi connectivity index (χ2n) is 12.9. The molecule has 3 fully saturated rings. The van der Waals surface area contributed by atoms with E-state index < -0.39 is 36.0 Å². The highest BCUT2D eigenvalue weighted by atomic mass is 19.1. The Bertz CT molecular complexity index is 2010. The van der Waals surface area contributed by atoms with Crippen LogP contribution >= 0.6 is 0 Å². The largest absolute Gasteiger partial charge is 0.465 e. The lowest BCUT2D eigenvalue weighted by Gasteiger charge is -2.26. The number of benzene rings is 3. The van der Waals surface area contributed by atoms with Crippen LogP contribution in [0.1, 0.15) is 24.0 Å². The number of amides is 2. The molecule has 47 heavy (non-hydrogen) atoms. The van der Waals surface area contributed by atoms with Crippen LogP contribution in [-0.2, 0) is 24.3 Å². The molecule has 12 heteroatoms. The molecule has 3 aliphatic rings. The zero-order valence-electron chi connectivity index (χ0n) is 25.3. The van der Waals surface area contributed by atoms with Crippen molar-refractivity contribution in [2.24, 2.45) is 11.8 Å². The van der Waals surface area contributed by atoms with Crippen molar-refractivity contribution in [3.8, 4) is 11.5 Å². The summed E-state index contributed by atoms with van der Waals surface area (Å²) in [4.78, 5) is 36.4. The smallest absolute Gasteiger partial charge is 0.410 e. The lowest BCUT2D eigenvalue weighted by molar-refractivity contribution is 0.0906. The maximum atomic E-state index is 15.0. The molecule has 1 aliphatic carbocycles. The van der Waals surface area contributed by atoms with Gasteiger partial charge in [-0.25, -0.2) is 27.7 Å². The number of hydrogen-bond donors (Lipinski definition) is 2. The molecule has 0 bridgehead atoms. The zero-order chi connectivity index (χ0) is 32.4. The molecule has 242 valence electrons. The molecule has 4 heterocycles. The molecule has 0 radical (unpaired) electrons. The number of carbonyl (C=O) groups is 2. The quantitative estimate of drug-likeness (QED) is 0.204.